The highest BCUT2D eigenvalue weighted by Gasteiger charge is 2.39. The maximum Gasteiger partial charge on any atom is 0.435 e. The molecule has 0 N–H and O–H groups in total. The Kier molecular flexibility index (Phi) is 3.25. The average molecular weight is 293 g/mol. The number of rotatable bonds is 3. The number of alkyl halides is 3. The van der Waals surface area contributed by atoms with Crippen molar-refractivity contribution in [1.82, 2.24) is 15.0 Å². The molecule has 0 saturated carbocycles. The predicted molar refractivity (Wildman–Crippen MR) is 68.3 cm³/mol. The van der Waals surface area contributed by atoms with Crippen molar-refractivity contribution < 1.29 is 17.6 Å². The summed E-state index contributed by atoms with van der Waals surface area (Å²) in [6.07, 6.45) is -3.15. The Bertz CT molecular complexity index is 718. The quantitative estimate of drug-likeness (QED) is 0.741. The zero-order chi connectivity index (χ0) is 14.9. The molecule has 0 aliphatic carbocycles. The van der Waals surface area contributed by atoms with E-state index in [0.717, 1.165) is 4.68 Å². The highest BCUT2D eigenvalue weighted by atomic mass is 19.4. The maximum atomic E-state index is 13.3. The molecule has 21 heavy (non-hydrogen) atoms. The van der Waals surface area contributed by atoms with Crippen LogP contribution in [0.2, 0.25) is 0 Å². The zero-order valence-electron chi connectivity index (χ0n) is 10.7. The Labute approximate surface area is 117 Å². The molecule has 108 valence electrons. The molecule has 0 aliphatic heterocycles. The van der Waals surface area contributed by atoms with Crippen LogP contribution in [0.1, 0.15) is 11.5 Å². The summed E-state index contributed by atoms with van der Waals surface area (Å²) in [5.41, 5.74) is -0.699. The van der Waals surface area contributed by atoms with Crippen molar-refractivity contribution in [2.45, 2.75) is 12.7 Å². The van der Waals surface area contributed by atoms with E-state index in [4.69, 9.17) is 4.42 Å². The lowest BCUT2D eigenvalue weighted by atomic mass is 10.1. The van der Waals surface area contributed by atoms with Crippen LogP contribution in [-0.4, -0.2) is 15.0 Å². The Morgan fingerprint density at radius 3 is 2.43 bits per heavy atom. The van der Waals surface area contributed by atoms with Gasteiger partial charge in [-0.15, -0.1) is 5.10 Å². The number of benzene rings is 1. The molecular formula is C14H10F3N3O. The minimum absolute atomic E-state index is 0.123. The molecule has 0 unspecified atom stereocenters. The van der Waals surface area contributed by atoms with Gasteiger partial charge in [-0.25, -0.2) is 4.68 Å². The Hall–Kier alpha value is -2.57. The largest absolute Gasteiger partial charge is 0.467 e. The molecule has 0 bridgehead atoms. The Balaban J connectivity index is 2.08. The molecule has 3 aromatic rings. The maximum absolute atomic E-state index is 13.3. The SMILES string of the molecule is FC(F)(F)c1c(-c2ccccc2)nnn1Cc1ccco1. The van der Waals surface area contributed by atoms with E-state index >= 15 is 0 Å². The molecule has 0 saturated heterocycles. The van der Waals surface area contributed by atoms with Gasteiger partial charge in [-0.3, -0.25) is 0 Å². The first-order valence-electron chi connectivity index (χ1n) is 6.14. The van der Waals surface area contributed by atoms with Gasteiger partial charge in [0, 0.05) is 5.56 Å². The van der Waals surface area contributed by atoms with Gasteiger partial charge in [0.2, 0.25) is 0 Å². The highest BCUT2D eigenvalue weighted by molar-refractivity contribution is 5.61. The summed E-state index contributed by atoms with van der Waals surface area (Å²) in [4.78, 5) is 0. The summed E-state index contributed by atoms with van der Waals surface area (Å²) in [6.45, 7) is -0.123. The monoisotopic (exact) mass is 293 g/mol. The molecule has 7 heteroatoms. The smallest absolute Gasteiger partial charge is 0.435 e. The Morgan fingerprint density at radius 2 is 1.81 bits per heavy atom. The van der Waals surface area contributed by atoms with Crippen molar-refractivity contribution in [3.8, 4) is 11.3 Å². The fourth-order valence-electron chi connectivity index (χ4n) is 2.04. The summed E-state index contributed by atoms with van der Waals surface area (Å²) in [5.74, 6) is 0.380. The molecule has 3 rings (SSSR count). The van der Waals surface area contributed by atoms with Crippen molar-refractivity contribution in [1.29, 1.82) is 0 Å². The van der Waals surface area contributed by atoms with E-state index in [1.807, 2.05) is 0 Å². The summed E-state index contributed by atoms with van der Waals surface area (Å²) < 4.78 is 45.8. The number of hydrogen-bond donors (Lipinski definition) is 0. The lowest BCUT2D eigenvalue weighted by molar-refractivity contribution is -0.143. The number of hydrogen-bond acceptors (Lipinski definition) is 3. The van der Waals surface area contributed by atoms with Gasteiger partial charge in [-0.05, 0) is 12.1 Å². The Morgan fingerprint density at radius 1 is 1.05 bits per heavy atom. The first-order chi connectivity index (χ1) is 10.1. The topological polar surface area (TPSA) is 43.9 Å². The minimum Gasteiger partial charge on any atom is -0.467 e. The average Bonchev–Trinajstić information content (AvgIpc) is 3.09. The second-order valence-electron chi connectivity index (χ2n) is 4.39. The fraction of sp³-hybridized carbons (Fsp3) is 0.143. The zero-order valence-corrected chi connectivity index (χ0v) is 10.7. The lowest BCUT2D eigenvalue weighted by Gasteiger charge is -2.10. The minimum atomic E-state index is -4.55. The molecule has 0 fully saturated rings. The van der Waals surface area contributed by atoms with E-state index in [1.165, 1.54) is 6.26 Å². The first-order valence-corrected chi connectivity index (χ1v) is 6.14. The first kappa shape index (κ1) is 13.4. The van der Waals surface area contributed by atoms with Crippen LogP contribution >= 0.6 is 0 Å². The van der Waals surface area contributed by atoms with Gasteiger partial charge in [0.25, 0.3) is 0 Å². The van der Waals surface area contributed by atoms with Crippen molar-refractivity contribution >= 4 is 0 Å². The van der Waals surface area contributed by atoms with E-state index in [0.29, 0.717) is 11.3 Å². The summed E-state index contributed by atoms with van der Waals surface area (Å²) in [6, 6.07) is 11.4. The summed E-state index contributed by atoms with van der Waals surface area (Å²) in [5, 5.41) is 7.31. The molecule has 2 aromatic heterocycles. The van der Waals surface area contributed by atoms with Crippen molar-refractivity contribution in [2.24, 2.45) is 0 Å². The standard InChI is InChI=1S/C14H10F3N3O/c15-14(16,17)13-12(10-5-2-1-3-6-10)18-19-20(13)9-11-7-4-8-21-11/h1-8H,9H2. The van der Waals surface area contributed by atoms with E-state index in [2.05, 4.69) is 10.3 Å². The van der Waals surface area contributed by atoms with Crippen molar-refractivity contribution in [3.63, 3.8) is 0 Å². The molecule has 1 aromatic carbocycles. The van der Waals surface area contributed by atoms with E-state index < -0.39 is 11.9 Å². The molecule has 4 nitrogen and oxygen atoms in total. The van der Waals surface area contributed by atoms with Gasteiger partial charge in [-0.2, -0.15) is 13.2 Å². The van der Waals surface area contributed by atoms with Crippen LogP contribution in [-0.2, 0) is 12.7 Å². The summed E-state index contributed by atoms with van der Waals surface area (Å²) in [7, 11) is 0. The molecular weight excluding hydrogens is 283 g/mol. The van der Waals surface area contributed by atoms with Gasteiger partial charge in [-0.1, -0.05) is 35.5 Å². The van der Waals surface area contributed by atoms with Crippen LogP contribution in [0.25, 0.3) is 11.3 Å². The number of halogens is 3. The number of furan rings is 1. The van der Waals surface area contributed by atoms with Gasteiger partial charge < -0.3 is 4.42 Å². The molecule has 0 amide bonds. The second kappa shape index (κ2) is 5.08. The third kappa shape index (κ3) is 2.67. The van der Waals surface area contributed by atoms with Crippen LogP contribution < -0.4 is 0 Å². The third-order valence-electron chi connectivity index (χ3n) is 2.94. The van der Waals surface area contributed by atoms with Crippen LogP contribution in [0.15, 0.2) is 53.1 Å². The van der Waals surface area contributed by atoms with Gasteiger partial charge in [0.05, 0.1) is 6.26 Å². The predicted octanol–water partition coefficient (Wildman–Crippen LogP) is 3.61. The van der Waals surface area contributed by atoms with Gasteiger partial charge in [0.1, 0.15) is 18.0 Å². The molecule has 0 aliphatic rings. The normalized spacial score (nSPS) is 11.8. The number of nitrogens with zero attached hydrogens (tertiary/aromatic N) is 3. The lowest BCUT2D eigenvalue weighted by Crippen LogP contribution is -2.16. The van der Waals surface area contributed by atoms with Crippen LogP contribution in [0.4, 0.5) is 13.2 Å². The van der Waals surface area contributed by atoms with Gasteiger partial charge in [0.15, 0.2) is 5.69 Å². The molecule has 2 heterocycles. The molecule has 0 atom stereocenters. The molecule has 0 radical (unpaired) electrons. The number of aromatic nitrogens is 3. The highest BCUT2D eigenvalue weighted by Crippen LogP contribution is 2.35. The van der Waals surface area contributed by atoms with E-state index in [9.17, 15) is 13.2 Å². The van der Waals surface area contributed by atoms with E-state index in [-0.39, 0.29) is 12.2 Å². The summed E-state index contributed by atoms with van der Waals surface area (Å²) >= 11 is 0. The van der Waals surface area contributed by atoms with Crippen LogP contribution in [0, 0.1) is 0 Å². The van der Waals surface area contributed by atoms with Crippen LogP contribution in [0.3, 0.4) is 0 Å². The van der Waals surface area contributed by atoms with Crippen molar-refractivity contribution in [3.05, 3.63) is 60.2 Å². The van der Waals surface area contributed by atoms with E-state index in [1.54, 1.807) is 42.5 Å². The van der Waals surface area contributed by atoms with Crippen molar-refractivity contribution in [2.75, 3.05) is 0 Å². The second-order valence-corrected chi connectivity index (χ2v) is 4.39. The fourth-order valence-corrected chi connectivity index (χ4v) is 2.04. The van der Waals surface area contributed by atoms with Gasteiger partial charge >= 0.3 is 6.18 Å². The molecule has 0 spiro atoms. The van der Waals surface area contributed by atoms with Crippen LogP contribution in [0.5, 0.6) is 0 Å². The third-order valence-corrected chi connectivity index (χ3v) is 2.94.